The lowest BCUT2D eigenvalue weighted by molar-refractivity contribution is -0.113. The van der Waals surface area contributed by atoms with Gasteiger partial charge < -0.3 is 9.84 Å². The lowest BCUT2D eigenvalue weighted by atomic mass is 10.2. The maximum Gasteiger partial charge on any atom is 0.270 e. The Labute approximate surface area is 143 Å². The molecule has 1 N–H and O–H groups in total. The third-order valence-electron chi connectivity index (χ3n) is 3.29. The minimum Gasteiger partial charge on any atom is -0.508 e. The predicted octanol–water partition coefficient (Wildman–Crippen LogP) is 3.81. The van der Waals surface area contributed by atoms with Crippen LogP contribution in [0.15, 0.2) is 53.4 Å². The van der Waals surface area contributed by atoms with E-state index in [0.29, 0.717) is 14.9 Å². The molecule has 0 saturated carbocycles. The van der Waals surface area contributed by atoms with Crippen LogP contribution in [-0.2, 0) is 4.79 Å². The SMILES string of the molecule is COc1cccc(/C=C2\SC(=S)N(c3ccc(O)cc3)C2=O)c1. The largest absolute Gasteiger partial charge is 0.508 e. The standard InChI is InChI=1S/C17H13NO3S2/c1-21-14-4-2-3-11(9-14)10-15-16(20)18(17(22)23-15)12-5-7-13(19)8-6-12/h2-10,19H,1H3/b15-10-. The number of phenolic OH excluding ortho intramolecular Hbond substituents is 1. The van der Waals surface area contributed by atoms with Crippen molar-refractivity contribution < 1.29 is 14.6 Å². The molecule has 116 valence electrons. The molecule has 6 heteroatoms. The first-order valence-electron chi connectivity index (χ1n) is 6.79. The molecule has 1 fully saturated rings. The molecule has 1 heterocycles. The van der Waals surface area contributed by atoms with Gasteiger partial charge in [0.1, 0.15) is 11.5 Å². The molecular weight excluding hydrogens is 330 g/mol. The number of nitrogens with zero attached hydrogens (tertiary/aromatic N) is 1. The van der Waals surface area contributed by atoms with Crippen molar-refractivity contribution in [2.75, 3.05) is 12.0 Å². The molecule has 1 saturated heterocycles. The van der Waals surface area contributed by atoms with Crippen LogP contribution in [0.3, 0.4) is 0 Å². The molecule has 0 aliphatic carbocycles. The Bertz CT molecular complexity index is 800. The van der Waals surface area contributed by atoms with Gasteiger partial charge in [-0.3, -0.25) is 9.69 Å². The second-order valence-electron chi connectivity index (χ2n) is 4.81. The van der Waals surface area contributed by atoms with E-state index in [1.54, 1.807) is 25.3 Å². The first kappa shape index (κ1) is 15.6. The van der Waals surface area contributed by atoms with E-state index < -0.39 is 0 Å². The lowest BCUT2D eigenvalue weighted by Crippen LogP contribution is -2.27. The van der Waals surface area contributed by atoms with E-state index in [1.807, 2.05) is 24.3 Å². The molecule has 0 radical (unpaired) electrons. The van der Waals surface area contributed by atoms with Crippen LogP contribution in [0.1, 0.15) is 5.56 Å². The van der Waals surface area contributed by atoms with E-state index in [1.165, 1.54) is 28.8 Å². The van der Waals surface area contributed by atoms with Gasteiger partial charge in [-0.1, -0.05) is 36.1 Å². The number of carbonyl (C=O) groups excluding carboxylic acids is 1. The Morgan fingerprint density at radius 3 is 2.65 bits per heavy atom. The van der Waals surface area contributed by atoms with E-state index in [4.69, 9.17) is 17.0 Å². The van der Waals surface area contributed by atoms with Gasteiger partial charge in [0.25, 0.3) is 5.91 Å². The van der Waals surface area contributed by atoms with Crippen molar-refractivity contribution in [2.24, 2.45) is 0 Å². The van der Waals surface area contributed by atoms with Gasteiger partial charge in [-0.2, -0.15) is 0 Å². The number of rotatable bonds is 3. The molecule has 0 aromatic heterocycles. The molecule has 0 bridgehead atoms. The number of methoxy groups -OCH3 is 1. The number of carbonyl (C=O) groups is 1. The van der Waals surface area contributed by atoms with Gasteiger partial charge in [-0.25, -0.2) is 0 Å². The molecule has 4 nitrogen and oxygen atoms in total. The minimum absolute atomic E-state index is 0.145. The van der Waals surface area contributed by atoms with Gasteiger partial charge in [0.15, 0.2) is 4.32 Å². The summed E-state index contributed by atoms with van der Waals surface area (Å²) in [6, 6.07) is 13.8. The van der Waals surface area contributed by atoms with Crippen molar-refractivity contribution >= 4 is 46.0 Å². The highest BCUT2D eigenvalue weighted by Gasteiger charge is 2.33. The van der Waals surface area contributed by atoms with Crippen LogP contribution in [0.25, 0.3) is 6.08 Å². The third kappa shape index (κ3) is 3.23. The quantitative estimate of drug-likeness (QED) is 0.678. The Kier molecular flexibility index (Phi) is 4.36. The number of aromatic hydroxyl groups is 1. The second-order valence-corrected chi connectivity index (χ2v) is 6.49. The summed E-state index contributed by atoms with van der Waals surface area (Å²) in [6.07, 6.45) is 1.79. The molecule has 0 spiro atoms. The fourth-order valence-electron chi connectivity index (χ4n) is 2.17. The fraction of sp³-hybridized carbons (Fsp3) is 0.0588. The van der Waals surface area contributed by atoms with Crippen LogP contribution in [-0.4, -0.2) is 22.4 Å². The van der Waals surface area contributed by atoms with Crippen LogP contribution in [0.4, 0.5) is 5.69 Å². The smallest absolute Gasteiger partial charge is 0.270 e. The van der Waals surface area contributed by atoms with Crippen LogP contribution < -0.4 is 9.64 Å². The van der Waals surface area contributed by atoms with E-state index >= 15 is 0 Å². The maximum absolute atomic E-state index is 12.6. The van der Waals surface area contributed by atoms with Gasteiger partial charge in [-0.15, -0.1) is 0 Å². The summed E-state index contributed by atoms with van der Waals surface area (Å²) in [5.74, 6) is 0.701. The number of amides is 1. The zero-order valence-electron chi connectivity index (χ0n) is 12.2. The van der Waals surface area contributed by atoms with E-state index in [2.05, 4.69) is 0 Å². The number of hydrogen-bond acceptors (Lipinski definition) is 5. The summed E-state index contributed by atoms with van der Waals surface area (Å²) < 4.78 is 5.66. The topological polar surface area (TPSA) is 49.8 Å². The normalized spacial score (nSPS) is 16.2. The third-order valence-corrected chi connectivity index (χ3v) is 4.60. The average molecular weight is 343 g/mol. The number of ether oxygens (including phenoxy) is 1. The first-order chi connectivity index (χ1) is 11.1. The number of benzene rings is 2. The summed E-state index contributed by atoms with van der Waals surface area (Å²) in [7, 11) is 1.60. The number of hydrogen-bond donors (Lipinski definition) is 1. The summed E-state index contributed by atoms with van der Waals surface area (Å²) in [4.78, 5) is 14.6. The lowest BCUT2D eigenvalue weighted by Gasteiger charge is -2.14. The number of anilines is 1. The predicted molar refractivity (Wildman–Crippen MR) is 96.8 cm³/mol. The Morgan fingerprint density at radius 2 is 1.96 bits per heavy atom. The number of phenols is 1. The van der Waals surface area contributed by atoms with Crippen LogP contribution >= 0.6 is 24.0 Å². The highest BCUT2D eigenvalue weighted by molar-refractivity contribution is 8.27. The van der Waals surface area contributed by atoms with Crippen LogP contribution in [0, 0.1) is 0 Å². The van der Waals surface area contributed by atoms with E-state index in [0.717, 1.165) is 11.3 Å². The van der Waals surface area contributed by atoms with Crippen LogP contribution in [0.5, 0.6) is 11.5 Å². The molecule has 2 aromatic rings. The molecule has 3 rings (SSSR count). The Morgan fingerprint density at radius 1 is 1.22 bits per heavy atom. The van der Waals surface area contributed by atoms with Gasteiger partial charge in [0, 0.05) is 0 Å². The number of thiocarbonyl (C=S) groups is 1. The molecular formula is C17H13NO3S2. The zero-order chi connectivity index (χ0) is 16.4. The van der Waals surface area contributed by atoms with Crippen LogP contribution in [0.2, 0.25) is 0 Å². The zero-order valence-corrected chi connectivity index (χ0v) is 13.9. The van der Waals surface area contributed by atoms with Gasteiger partial charge in [0.05, 0.1) is 17.7 Å². The van der Waals surface area contributed by atoms with E-state index in [9.17, 15) is 9.90 Å². The van der Waals surface area contributed by atoms with Gasteiger partial charge in [-0.05, 0) is 48.0 Å². The fourth-order valence-corrected chi connectivity index (χ4v) is 3.47. The first-order valence-corrected chi connectivity index (χ1v) is 8.02. The van der Waals surface area contributed by atoms with E-state index in [-0.39, 0.29) is 11.7 Å². The van der Waals surface area contributed by atoms with Crippen molar-refractivity contribution in [3.8, 4) is 11.5 Å². The van der Waals surface area contributed by atoms with Crippen molar-refractivity contribution in [3.05, 3.63) is 59.0 Å². The summed E-state index contributed by atoms with van der Waals surface area (Å²) in [5.41, 5.74) is 1.51. The maximum atomic E-state index is 12.6. The average Bonchev–Trinajstić information content (AvgIpc) is 2.83. The van der Waals surface area contributed by atoms with Crippen molar-refractivity contribution in [3.63, 3.8) is 0 Å². The number of thioether (sulfide) groups is 1. The highest BCUT2D eigenvalue weighted by atomic mass is 32.2. The molecule has 1 amide bonds. The monoisotopic (exact) mass is 343 g/mol. The van der Waals surface area contributed by atoms with Crippen molar-refractivity contribution in [2.45, 2.75) is 0 Å². The minimum atomic E-state index is -0.173. The molecule has 0 atom stereocenters. The highest BCUT2D eigenvalue weighted by Crippen LogP contribution is 2.36. The summed E-state index contributed by atoms with van der Waals surface area (Å²) in [5, 5.41) is 9.36. The Hall–Kier alpha value is -2.31. The molecule has 0 unspecified atom stereocenters. The molecule has 1 aliphatic rings. The van der Waals surface area contributed by atoms with Gasteiger partial charge in [0.2, 0.25) is 0 Å². The van der Waals surface area contributed by atoms with Crippen molar-refractivity contribution in [1.82, 2.24) is 0 Å². The molecule has 23 heavy (non-hydrogen) atoms. The second kappa shape index (κ2) is 6.44. The van der Waals surface area contributed by atoms with Gasteiger partial charge >= 0.3 is 0 Å². The Balaban J connectivity index is 1.91. The molecule has 1 aliphatic heterocycles. The summed E-state index contributed by atoms with van der Waals surface area (Å²) >= 11 is 6.57. The summed E-state index contributed by atoms with van der Waals surface area (Å²) in [6.45, 7) is 0. The van der Waals surface area contributed by atoms with Crippen molar-refractivity contribution in [1.29, 1.82) is 0 Å². The molecule has 2 aromatic carbocycles.